The zero-order chi connectivity index (χ0) is 17.0. The van der Waals surface area contributed by atoms with Crippen molar-refractivity contribution in [2.75, 3.05) is 50.4 Å². The number of aromatic nitrogens is 2. The van der Waals surface area contributed by atoms with Crippen molar-refractivity contribution in [3.8, 4) is 5.75 Å². The molecule has 0 radical (unpaired) electrons. The van der Waals surface area contributed by atoms with Gasteiger partial charge in [0.1, 0.15) is 11.4 Å². The Labute approximate surface area is 135 Å². The van der Waals surface area contributed by atoms with Crippen molar-refractivity contribution in [1.29, 1.82) is 0 Å². The highest BCUT2D eigenvalue weighted by Gasteiger charge is 2.14. The van der Waals surface area contributed by atoms with Crippen molar-refractivity contribution in [3.63, 3.8) is 0 Å². The zero-order valence-electron chi connectivity index (χ0n) is 14.0. The molecule has 1 amide bonds. The summed E-state index contributed by atoms with van der Waals surface area (Å²) in [6.07, 6.45) is 1.61. The first-order valence-electron chi connectivity index (χ1n) is 7.09. The van der Waals surface area contributed by atoms with E-state index in [0.717, 1.165) is 0 Å². The van der Waals surface area contributed by atoms with Crippen LogP contribution in [0.5, 0.6) is 5.75 Å². The molecule has 0 fully saturated rings. The minimum absolute atomic E-state index is 0.225. The number of methoxy groups -OCH3 is 1. The molecule has 0 aliphatic heterocycles. The number of amides is 1. The third kappa shape index (κ3) is 3.88. The number of benzene rings is 1. The SMILES string of the molecule is COc1ccc(C(=O)Nc2cnc(N(C)C)nc2N(C)C)cc1. The van der Waals surface area contributed by atoms with E-state index in [1.165, 1.54) is 0 Å². The lowest BCUT2D eigenvalue weighted by molar-refractivity contribution is 0.102. The van der Waals surface area contributed by atoms with Gasteiger partial charge in [0.05, 0.1) is 13.3 Å². The number of ether oxygens (including phenoxy) is 1. The Bertz CT molecular complexity index is 683. The second-order valence-corrected chi connectivity index (χ2v) is 5.38. The van der Waals surface area contributed by atoms with E-state index in [2.05, 4.69) is 15.3 Å². The molecule has 1 aromatic carbocycles. The van der Waals surface area contributed by atoms with Gasteiger partial charge in [-0.3, -0.25) is 4.79 Å². The summed E-state index contributed by atoms with van der Waals surface area (Å²) in [5.41, 5.74) is 1.09. The molecule has 23 heavy (non-hydrogen) atoms. The maximum absolute atomic E-state index is 12.4. The lowest BCUT2D eigenvalue weighted by Gasteiger charge is -2.19. The Kier molecular flexibility index (Phi) is 5.00. The van der Waals surface area contributed by atoms with Gasteiger partial charge in [0.15, 0.2) is 5.82 Å². The second-order valence-electron chi connectivity index (χ2n) is 5.38. The van der Waals surface area contributed by atoms with E-state index in [0.29, 0.717) is 28.8 Å². The quantitative estimate of drug-likeness (QED) is 0.908. The Morgan fingerprint density at radius 1 is 1.09 bits per heavy atom. The van der Waals surface area contributed by atoms with Gasteiger partial charge < -0.3 is 19.9 Å². The first-order valence-corrected chi connectivity index (χ1v) is 7.09. The van der Waals surface area contributed by atoms with Gasteiger partial charge in [-0.15, -0.1) is 0 Å². The molecular formula is C16H21N5O2. The second kappa shape index (κ2) is 6.95. The van der Waals surface area contributed by atoms with E-state index in [1.54, 1.807) is 37.6 Å². The molecule has 7 nitrogen and oxygen atoms in total. The van der Waals surface area contributed by atoms with E-state index in [9.17, 15) is 4.79 Å². The molecule has 1 heterocycles. The normalized spacial score (nSPS) is 10.1. The molecule has 122 valence electrons. The summed E-state index contributed by atoms with van der Waals surface area (Å²) in [6.45, 7) is 0. The number of nitrogens with one attached hydrogen (secondary N) is 1. The number of hydrogen-bond donors (Lipinski definition) is 1. The maximum Gasteiger partial charge on any atom is 0.255 e. The average molecular weight is 315 g/mol. The van der Waals surface area contributed by atoms with Crippen molar-refractivity contribution < 1.29 is 9.53 Å². The fraction of sp³-hybridized carbons (Fsp3) is 0.312. The molecule has 0 spiro atoms. The van der Waals surface area contributed by atoms with Crippen molar-refractivity contribution >= 4 is 23.4 Å². The molecule has 7 heteroatoms. The fourth-order valence-electron chi connectivity index (χ4n) is 1.95. The summed E-state index contributed by atoms with van der Waals surface area (Å²) >= 11 is 0. The predicted molar refractivity (Wildman–Crippen MR) is 91.6 cm³/mol. The van der Waals surface area contributed by atoms with Crippen LogP contribution in [0.15, 0.2) is 30.5 Å². The molecule has 0 aliphatic carbocycles. The fourth-order valence-corrected chi connectivity index (χ4v) is 1.95. The summed E-state index contributed by atoms with van der Waals surface area (Å²) in [6, 6.07) is 6.90. The van der Waals surface area contributed by atoms with Gasteiger partial charge in [-0.2, -0.15) is 4.98 Å². The summed E-state index contributed by atoms with van der Waals surface area (Å²) in [5.74, 6) is 1.70. The van der Waals surface area contributed by atoms with Crippen molar-refractivity contribution in [1.82, 2.24) is 9.97 Å². The van der Waals surface area contributed by atoms with Crippen LogP contribution in [0.4, 0.5) is 17.5 Å². The molecule has 0 unspecified atom stereocenters. The molecule has 0 saturated carbocycles. The van der Waals surface area contributed by atoms with Crippen LogP contribution in [-0.4, -0.2) is 51.2 Å². The molecule has 2 aromatic rings. The molecule has 0 saturated heterocycles. The van der Waals surface area contributed by atoms with Gasteiger partial charge in [-0.1, -0.05) is 0 Å². The lowest BCUT2D eigenvalue weighted by Crippen LogP contribution is -2.21. The number of hydrogen-bond acceptors (Lipinski definition) is 6. The van der Waals surface area contributed by atoms with Crippen LogP contribution in [-0.2, 0) is 0 Å². The molecular weight excluding hydrogens is 294 g/mol. The first-order chi connectivity index (χ1) is 10.9. The van der Waals surface area contributed by atoms with Crippen LogP contribution in [0.25, 0.3) is 0 Å². The first kappa shape index (κ1) is 16.5. The topological polar surface area (TPSA) is 70.6 Å². The van der Waals surface area contributed by atoms with Crippen molar-refractivity contribution in [3.05, 3.63) is 36.0 Å². The van der Waals surface area contributed by atoms with Crippen LogP contribution in [0.1, 0.15) is 10.4 Å². The third-order valence-electron chi connectivity index (χ3n) is 3.18. The number of carbonyl (C=O) groups is 1. The Balaban J connectivity index is 2.25. The predicted octanol–water partition coefficient (Wildman–Crippen LogP) is 1.87. The maximum atomic E-state index is 12.4. The van der Waals surface area contributed by atoms with Crippen LogP contribution in [0, 0.1) is 0 Å². The largest absolute Gasteiger partial charge is 0.497 e. The van der Waals surface area contributed by atoms with Crippen molar-refractivity contribution in [2.24, 2.45) is 0 Å². The Hall–Kier alpha value is -2.83. The summed E-state index contributed by atoms with van der Waals surface area (Å²) in [7, 11) is 9.05. The smallest absolute Gasteiger partial charge is 0.255 e. The van der Waals surface area contributed by atoms with Gasteiger partial charge in [0, 0.05) is 33.8 Å². The average Bonchev–Trinajstić information content (AvgIpc) is 2.54. The van der Waals surface area contributed by atoms with Gasteiger partial charge in [-0.05, 0) is 24.3 Å². The van der Waals surface area contributed by atoms with Gasteiger partial charge in [0.2, 0.25) is 5.95 Å². The molecule has 1 aromatic heterocycles. The molecule has 0 bridgehead atoms. The minimum Gasteiger partial charge on any atom is -0.497 e. The highest BCUT2D eigenvalue weighted by Crippen LogP contribution is 2.23. The minimum atomic E-state index is -0.225. The number of nitrogens with zero attached hydrogens (tertiary/aromatic N) is 4. The van der Waals surface area contributed by atoms with E-state index in [1.807, 2.05) is 38.0 Å². The Morgan fingerprint density at radius 3 is 2.26 bits per heavy atom. The third-order valence-corrected chi connectivity index (χ3v) is 3.18. The van der Waals surface area contributed by atoms with Gasteiger partial charge in [-0.25, -0.2) is 4.98 Å². The lowest BCUT2D eigenvalue weighted by atomic mass is 10.2. The summed E-state index contributed by atoms with van der Waals surface area (Å²) < 4.78 is 5.09. The van der Waals surface area contributed by atoms with Crippen molar-refractivity contribution in [2.45, 2.75) is 0 Å². The van der Waals surface area contributed by atoms with E-state index < -0.39 is 0 Å². The number of rotatable bonds is 5. The molecule has 0 atom stereocenters. The van der Waals surface area contributed by atoms with Crippen LogP contribution < -0.4 is 19.9 Å². The van der Waals surface area contributed by atoms with E-state index in [-0.39, 0.29) is 5.91 Å². The van der Waals surface area contributed by atoms with Crippen LogP contribution >= 0.6 is 0 Å². The molecule has 2 rings (SSSR count). The standard InChI is InChI=1S/C16H21N5O2/c1-20(2)14-13(10-17-16(19-14)21(3)4)18-15(22)11-6-8-12(23-5)9-7-11/h6-10H,1-5H3,(H,18,22). The number of carbonyl (C=O) groups excluding carboxylic acids is 1. The molecule has 0 aliphatic rings. The van der Waals surface area contributed by atoms with Gasteiger partial charge in [0.25, 0.3) is 5.91 Å². The highest BCUT2D eigenvalue weighted by molar-refractivity contribution is 6.05. The van der Waals surface area contributed by atoms with Gasteiger partial charge >= 0.3 is 0 Å². The van der Waals surface area contributed by atoms with E-state index >= 15 is 0 Å². The monoisotopic (exact) mass is 315 g/mol. The Morgan fingerprint density at radius 2 is 1.74 bits per heavy atom. The number of anilines is 3. The summed E-state index contributed by atoms with van der Waals surface area (Å²) in [4.78, 5) is 24.7. The summed E-state index contributed by atoms with van der Waals surface area (Å²) in [5, 5.41) is 2.85. The molecule has 1 N–H and O–H groups in total. The van der Waals surface area contributed by atoms with Crippen LogP contribution in [0.3, 0.4) is 0 Å². The van der Waals surface area contributed by atoms with E-state index in [4.69, 9.17) is 4.74 Å². The highest BCUT2D eigenvalue weighted by atomic mass is 16.5. The van der Waals surface area contributed by atoms with Crippen LogP contribution in [0.2, 0.25) is 0 Å². The zero-order valence-corrected chi connectivity index (χ0v) is 14.0.